The third-order valence-electron chi connectivity index (χ3n) is 8.78. The molecule has 0 radical (unpaired) electrons. The largest absolute Gasteiger partial charge is 0.416 e. The normalized spacial score (nSPS) is 15.9. The zero-order valence-corrected chi connectivity index (χ0v) is 28.3. The Labute approximate surface area is 292 Å². The van der Waals surface area contributed by atoms with Crippen molar-refractivity contribution in [3.8, 4) is 5.69 Å². The second-order valence-corrected chi connectivity index (χ2v) is 13.4. The zero-order valence-electron chi connectivity index (χ0n) is 27.4. The number of nitrogens with zero attached hydrogens (tertiary/aromatic N) is 3. The van der Waals surface area contributed by atoms with E-state index in [1.807, 2.05) is 76.6 Å². The number of carbonyl (C=O) groups is 2. The summed E-state index contributed by atoms with van der Waals surface area (Å²) in [5, 5.41) is 20.2. The lowest BCUT2D eigenvalue weighted by atomic mass is 9.99. The standard InChI is InChI=1S/C38H38F3N5O3S/c1-25-24-50-36(43-25)33-13-8-16-46(33)37(49)29-19-28(20-31(21-29)45-14-5-6-15-45)35(48)44-32(18-26-9-3-2-4-10-26)34(47)23-42-22-27-11-7-12-30(17-27)38(39,40)41/h2-7,9-12,14-15,17,19-21,24,32-34,42,47H,8,13,16,18,22-23H2,1H3,(H,44,48). The number of nitrogens with one attached hydrogen (secondary N) is 2. The highest BCUT2D eigenvalue weighted by atomic mass is 32.1. The summed E-state index contributed by atoms with van der Waals surface area (Å²) >= 11 is 1.54. The molecule has 1 fully saturated rings. The fraction of sp³-hybridized carbons (Fsp3) is 0.289. The third kappa shape index (κ3) is 8.50. The van der Waals surface area contributed by atoms with Crippen molar-refractivity contribution < 1.29 is 27.9 Å². The average Bonchev–Trinajstić information content (AvgIpc) is 3.90. The summed E-state index contributed by atoms with van der Waals surface area (Å²) in [5.41, 5.74) is 2.71. The number of likely N-dealkylation sites (tertiary alicyclic amines) is 1. The Morgan fingerprint density at radius 2 is 1.72 bits per heavy atom. The van der Waals surface area contributed by atoms with Crippen LogP contribution in [0.15, 0.2) is 103 Å². The molecule has 1 aliphatic rings. The molecule has 5 aromatic rings. The molecule has 3 atom stereocenters. The van der Waals surface area contributed by atoms with Crippen molar-refractivity contribution >= 4 is 23.2 Å². The summed E-state index contributed by atoms with van der Waals surface area (Å²) in [7, 11) is 0. The average molecular weight is 702 g/mol. The molecule has 260 valence electrons. The Balaban J connectivity index is 1.23. The Bertz CT molecular complexity index is 1910. The van der Waals surface area contributed by atoms with Crippen molar-refractivity contribution in [1.29, 1.82) is 0 Å². The lowest BCUT2D eigenvalue weighted by Crippen LogP contribution is -2.48. The number of aromatic nitrogens is 2. The number of aryl methyl sites for hydroxylation is 1. The molecular weight excluding hydrogens is 664 g/mol. The lowest BCUT2D eigenvalue weighted by Gasteiger charge is -2.26. The highest BCUT2D eigenvalue weighted by Gasteiger charge is 2.33. The molecule has 0 spiro atoms. The van der Waals surface area contributed by atoms with Crippen LogP contribution in [0.5, 0.6) is 0 Å². The number of amides is 2. The van der Waals surface area contributed by atoms with Crippen molar-refractivity contribution in [2.24, 2.45) is 0 Å². The zero-order chi connectivity index (χ0) is 35.3. The fourth-order valence-electron chi connectivity index (χ4n) is 6.25. The van der Waals surface area contributed by atoms with E-state index >= 15 is 0 Å². The van der Waals surface area contributed by atoms with Crippen LogP contribution in [-0.2, 0) is 19.1 Å². The number of thiazole rings is 1. The van der Waals surface area contributed by atoms with Crippen LogP contribution in [-0.4, -0.2) is 56.6 Å². The van der Waals surface area contributed by atoms with E-state index < -0.39 is 29.8 Å². The Morgan fingerprint density at radius 3 is 2.44 bits per heavy atom. The molecule has 3 N–H and O–H groups in total. The molecule has 3 unspecified atom stereocenters. The highest BCUT2D eigenvalue weighted by molar-refractivity contribution is 7.09. The van der Waals surface area contributed by atoms with Crippen LogP contribution < -0.4 is 10.6 Å². The number of halogens is 3. The predicted octanol–water partition coefficient (Wildman–Crippen LogP) is 6.73. The van der Waals surface area contributed by atoms with E-state index in [0.29, 0.717) is 29.8 Å². The van der Waals surface area contributed by atoms with Gasteiger partial charge < -0.3 is 25.2 Å². The van der Waals surface area contributed by atoms with E-state index in [4.69, 9.17) is 0 Å². The van der Waals surface area contributed by atoms with Crippen LogP contribution >= 0.6 is 11.3 Å². The molecule has 0 aliphatic carbocycles. The molecule has 50 heavy (non-hydrogen) atoms. The molecule has 3 heterocycles. The molecule has 1 saturated heterocycles. The number of hydrogen-bond acceptors (Lipinski definition) is 6. The first-order valence-electron chi connectivity index (χ1n) is 16.5. The van der Waals surface area contributed by atoms with Gasteiger partial charge in [0.2, 0.25) is 0 Å². The molecule has 6 rings (SSSR count). The molecule has 1 aliphatic heterocycles. The number of carbonyl (C=O) groups excluding carboxylic acids is 2. The molecule has 3 aromatic carbocycles. The minimum absolute atomic E-state index is 0.00769. The molecule has 0 saturated carbocycles. The first kappa shape index (κ1) is 35.1. The lowest BCUT2D eigenvalue weighted by molar-refractivity contribution is -0.137. The molecule has 8 nitrogen and oxygen atoms in total. The van der Waals surface area contributed by atoms with Crippen LogP contribution in [0.25, 0.3) is 5.69 Å². The second kappa shape index (κ2) is 15.4. The quantitative estimate of drug-likeness (QED) is 0.134. The summed E-state index contributed by atoms with van der Waals surface area (Å²) in [4.78, 5) is 34.5. The van der Waals surface area contributed by atoms with Crippen LogP contribution in [0.3, 0.4) is 0 Å². The Kier molecular flexibility index (Phi) is 10.8. The number of aliphatic hydroxyl groups is 1. The number of rotatable bonds is 12. The number of alkyl halides is 3. The van der Waals surface area contributed by atoms with Gasteiger partial charge in [-0.1, -0.05) is 48.5 Å². The fourth-order valence-corrected chi connectivity index (χ4v) is 7.19. The maximum atomic E-state index is 14.1. The number of hydrogen-bond donors (Lipinski definition) is 3. The smallest absolute Gasteiger partial charge is 0.390 e. The third-order valence-corrected chi connectivity index (χ3v) is 9.85. The summed E-state index contributed by atoms with van der Waals surface area (Å²) in [6.07, 6.45) is 0.0712. The SMILES string of the molecule is Cc1csc(C2CCCN2C(=O)c2cc(C(=O)NC(Cc3ccccc3)C(O)CNCc3cccc(C(F)(F)F)c3)cc(-n3cccc3)c2)n1. The minimum Gasteiger partial charge on any atom is -0.390 e. The van der Waals surface area contributed by atoms with Crippen molar-refractivity contribution in [3.05, 3.63) is 141 Å². The van der Waals surface area contributed by atoms with E-state index in [1.165, 1.54) is 6.07 Å². The van der Waals surface area contributed by atoms with Gasteiger partial charge in [-0.05, 0) is 73.7 Å². The van der Waals surface area contributed by atoms with Crippen LogP contribution in [0.1, 0.15) is 67.0 Å². The van der Waals surface area contributed by atoms with Crippen molar-refractivity contribution in [3.63, 3.8) is 0 Å². The minimum atomic E-state index is -4.46. The van der Waals surface area contributed by atoms with Crippen LogP contribution in [0, 0.1) is 6.92 Å². The maximum Gasteiger partial charge on any atom is 0.416 e. The van der Waals surface area contributed by atoms with Gasteiger partial charge >= 0.3 is 6.18 Å². The van der Waals surface area contributed by atoms with Crippen LogP contribution in [0.4, 0.5) is 13.2 Å². The Morgan fingerprint density at radius 1 is 0.980 bits per heavy atom. The van der Waals surface area contributed by atoms with E-state index in [1.54, 1.807) is 35.6 Å². The number of aliphatic hydroxyl groups excluding tert-OH is 1. The van der Waals surface area contributed by atoms with Gasteiger partial charge in [-0.25, -0.2) is 4.98 Å². The van der Waals surface area contributed by atoms with E-state index in [0.717, 1.165) is 41.2 Å². The van der Waals surface area contributed by atoms with Gasteiger partial charge in [0.25, 0.3) is 11.8 Å². The van der Waals surface area contributed by atoms with Crippen molar-refractivity contribution in [2.75, 3.05) is 13.1 Å². The van der Waals surface area contributed by atoms with E-state index in [9.17, 15) is 27.9 Å². The summed E-state index contributed by atoms with van der Waals surface area (Å²) in [5.74, 6) is -0.664. The molecular formula is C38H38F3N5O3S. The van der Waals surface area contributed by atoms with Gasteiger partial charge in [0.05, 0.1) is 23.8 Å². The Hall–Kier alpha value is -4.78. The van der Waals surface area contributed by atoms with Crippen LogP contribution in [0.2, 0.25) is 0 Å². The van der Waals surface area contributed by atoms with Gasteiger partial charge in [-0.2, -0.15) is 13.2 Å². The topological polar surface area (TPSA) is 99.5 Å². The first-order valence-corrected chi connectivity index (χ1v) is 17.3. The predicted molar refractivity (Wildman–Crippen MR) is 186 cm³/mol. The van der Waals surface area contributed by atoms with Crippen molar-refractivity contribution in [1.82, 2.24) is 25.1 Å². The van der Waals surface area contributed by atoms with Gasteiger partial charge in [0.15, 0.2) is 0 Å². The van der Waals surface area contributed by atoms with Crippen molar-refractivity contribution in [2.45, 2.75) is 57.1 Å². The molecule has 12 heteroatoms. The molecule has 0 bridgehead atoms. The highest BCUT2D eigenvalue weighted by Crippen LogP contribution is 2.35. The maximum absolute atomic E-state index is 14.1. The second-order valence-electron chi connectivity index (χ2n) is 12.5. The van der Waals surface area contributed by atoms with E-state index in [-0.39, 0.29) is 30.6 Å². The van der Waals surface area contributed by atoms with Gasteiger partial charge in [-0.15, -0.1) is 11.3 Å². The van der Waals surface area contributed by atoms with Gasteiger partial charge in [0.1, 0.15) is 5.01 Å². The summed E-state index contributed by atoms with van der Waals surface area (Å²) < 4.78 is 41.5. The molecule has 2 aromatic heterocycles. The summed E-state index contributed by atoms with van der Waals surface area (Å²) in [6.45, 7) is 2.61. The molecule has 2 amide bonds. The summed E-state index contributed by atoms with van der Waals surface area (Å²) in [6, 6.07) is 22.3. The number of benzene rings is 3. The van der Waals surface area contributed by atoms with Gasteiger partial charge in [0, 0.05) is 59.9 Å². The first-order chi connectivity index (χ1) is 24.0. The van der Waals surface area contributed by atoms with Gasteiger partial charge in [-0.3, -0.25) is 9.59 Å². The monoisotopic (exact) mass is 701 g/mol. The van der Waals surface area contributed by atoms with E-state index in [2.05, 4.69) is 15.6 Å².